The summed E-state index contributed by atoms with van der Waals surface area (Å²) in [7, 11) is 3.10. The predicted octanol–water partition coefficient (Wildman–Crippen LogP) is 1.66. The molecule has 0 spiro atoms. The van der Waals surface area contributed by atoms with Crippen molar-refractivity contribution in [1.29, 1.82) is 0 Å². The fraction of sp³-hybridized carbons (Fsp3) is 0.500. The molecular formula is C14H23ClN2O3. The molecule has 0 aromatic heterocycles. The minimum atomic E-state index is -0.604. The Kier molecular flexibility index (Phi) is 8.96. The summed E-state index contributed by atoms with van der Waals surface area (Å²) in [6.45, 7) is 2.18. The van der Waals surface area contributed by atoms with E-state index in [1.807, 2.05) is 31.2 Å². The molecule has 5 nitrogen and oxygen atoms in total. The molecule has 0 radical (unpaired) electrons. The van der Waals surface area contributed by atoms with E-state index in [-0.39, 0.29) is 30.9 Å². The van der Waals surface area contributed by atoms with E-state index in [2.05, 4.69) is 5.32 Å². The van der Waals surface area contributed by atoms with Crippen LogP contribution in [0.2, 0.25) is 0 Å². The van der Waals surface area contributed by atoms with Gasteiger partial charge >= 0.3 is 0 Å². The van der Waals surface area contributed by atoms with Gasteiger partial charge in [-0.15, -0.1) is 12.4 Å². The van der Waals surface area contributed by atoms with Crippen LogP contribution in [-0.4, -0.2) is 32.8 Å². The van der Waals surface area contributed by atoms with E-state index < -0.39 is 6.10 Å². The maximum Gasteiger partial charge on any atom is 0.250 e. The molecule has 0 bridgehead atoms. The number of nitrogens with one attached hydrogen (secondary N) is 1. The first-order valence-corrected chi connectivity index (χ1v) is 6.33. The highest BCUT2D eigenvalue weighted by Gasteiger charge is 2.19. The van der Waals surface area contributed by atoms with Gasteiger partial charge in [-0.3, -0.25) is 4.79 Å². The molecule has 1 aromatic carbocycles. The molecule has 0 saturated heterocycles. The quantitative estimate of drug-likeness (QED) is 0.803. The smallest absolute Gasteiger partial charge is 0.250 e. The van der Waals surface area contributed by atoms with Crippen LogP contribution in [0.3, 0.4) is 0 Å². The summed E-state index contributed by atoms with van der Waals surface area (Å²) in [6.07, 6.45) is 0.186. The topological polar surface area (TPSA) is 73.6 Å². The molecule has 0 aliphatic heterocycles. The Bertz CT molecular complexity index is 394. The number of nitrogens with two attached hydrogens (primary N) is 1. The molecule has 0 saturated carbocycles. The molecule has 0 aliphatic rings. The number of rotatable bonds is 7. The number of ether oxygens (including phenoxy) is 2. The summed E-state index contributed by atoms with van der Waals surface area (Å²) < 4.78 is 10.1. The van der Waals surface area contributed by atoms with Gasteiger partial charge in [0.25, 0.3) is 5.91 Å². The van der Waals surface area contributed by atoms with Crippen LogP contribution in [0.4, 0.5) is 0 Å². The molecule has 3 N–H and O–H groups in total. The maximum absolute atomic E-state index is 11.9. The van der Waals surface area contributed by atoms with Gasteiger partial charge in [-0.25, -0.2) is 0 Å². The van der Waals surface area contributed by atoms with E-state index in [9.17, 15) is 4.79 Å². The standard InChI is InChI=1S/C14H22N2O3.ClH/c1-4-12(16-14(17)13(9-15)19-3)10-5-7-11(18-2)8-6-10;/h5-8,12-13H,4,9,15H2,1-3H3,(H,16,17);1H. The molecule has 6 heteroatoms. The van der Waals surface area contributed by atoms with E-state index in [0.29, 0.717) is 0 Å². The van der Waals surface area contributed by atoms with Crippen LogP contribution >= 0.6 is 12.4 Å². The van der Waals surface area contributed by atoms with E-state index in [1.54, 1.807) is 7.11 Å². The van der Waals surface area contributed by atoms with Crippen LogP contribution in [0.5, 0.6) is 5.75 Å². The van der Waals surface area contributed by atoms with Crippen LogP contribution in [0.1, 0.15) is 24.9 Å². The van der Waals surface area contributed by atoms with Crippen molar-refractivity contribution in [3.8, 4) is 5.75 Å². The zero-order valence-electron chi connectivity index (χ0n) is 12.1. The Morgan fingerprint density at radius 3 is 2.30 bits per heavy atom. The number of carbonyl (C=O) groups is 1. The van der Waals surface area contributed by atoms with E-state index >= 15 is 0 Å². The average molecular weight is 303 g/mol. The zero-order valence-corrected chi connectivity index (χ0v) is 12.9. The van der Waals surface area contributed by atoms with Gasteiger partial charge in [0.05, 0.1) is 13.2 Å². The third-order valence-corrected chi connectivity index (χ3v) is 3.03. The summed E-state index contributed by atoms with van der Waals surface area (Å²) in [5, 5.41) is 2.94. The van der Waals surface area contributed by atoms with E-state index in [0.717, 1.165) is 17.7 Å². The van der Waals surface area contributed by atoms with Crippen molar-refractivity contribution in [3.05, 3.63) is 29.8 Å². The van der Waals surface area contributed by atoms with Crippen LogP contribution < -0.4 is 15.8 Å². The monoisotopic (exact) mass is 302 g/mol. The molecular weight excluding hydrogens is 280 g/mol. The van der Waals surface area contributed by atoms with Gasteiger partial charge < -0.3 is 20.5 Å². The second-order valence-electron chi connectivity index (χ2n) is 4.20. The van der Waals surface area contributed by atoms with Crippen molar-refractivity contribution in [2.24, 2.45) is 5.73 Å². The van der Waals surface area contributed by atoms with E-state index in [4.69, 9.17) is 15.2 Å². The molecule has 114 valence electrons. The SMILES string of the molecule is CCC(NC(=O)C(CN)OC)c1ccc(OC)cc1.Cl. The van der Waals surface area contributed by atoms with Crippen molar-refractivity contribution in [3.63, 3.8) is 0 Å². The summed E-state index contributed by atoms with van der Waals surface area (Å²) in [5.41, 5.74) is 6.51. The third kappa shape index (κ3) is 5.00. The number of hydrogen-bond donors (Lipinski definition) is 2. The highest BCUT2D eigenvalue weighted by atomic mass is 35.5. The molecule has 0 aliphatic carbocycles. The molecule has 2 unspecified atom stereocenters. The Balaban J connectivity index is 0.00000361. The number of benzene rings is 1. The number of hydrogen-bond acceptors (Lipinski definition) is 4. The molecule has 1 rings (SSSR count). The lowest BCUT2D eigenvalue weighted by Crippen LogP contribution is -2.42. The highest BCUT2D eigenvalue weighted by molar-refractivity contribution is 5.85. The Labute approximate surface area is 126 Å². The van der Waals surface area contributed by atoms with E-state index in [1.165, 1.54) is 7.11 Å². The van der Waals surface area contributed by atoms with Gasteiger partial charge in [0, 0.05) is 13.7 Å². The minimum Gasteiger partial charge on any atom is -0.497 e. The van der Waals surface area contributed by atoms with Crippen LogP contribution in [0.15, 0.2) is 24.3 Å². The summed E-state index contributed by atoms with van der Waals surface area (Å²) >= 11 is 0. The molecule has 1 amide bonds. The lowest BCUT2D eigenvalue weighted by Gasteiger charge is -2.21. The zero-order chi connectivity index (χ0) is 14.3. The number of methoxy groups -OCH3 is 2. The lowest BCUT2D eigenvalue weighted by molar-refractivity contribution is -0.131. The van der Waals surface area contributed by atoms with Crippen LogP contribution in [0, 0.1) is 0 Å². The highest BCUT2D eigenvalue weighted by Crippen LogP contribution is 2.20. The average Bonchev–Trinajstić information content (AvgIpc) is 2.46. The van der Waals surface area contributed by atoms with Gasteiger partial charge in [-0.1, -0.05) is 19.1 Å². The first-order chi connectivity index (χ1) is 9.15. The first-order valence-electron chi connectivity index (χ1n) is 6.33. The van der Waals surface area contributed by atoms with Crippen molar-refractivity contribution < 1.29 is 14.3 Å². The van der Waals surface area contributed by atoms with Crippen molar-refractivity contribution >= 4 is 18.3 Å². The Morgan fingerprint density at radius 2 is 1.90 bits per heavy atom. The first kappa shape index (κ1) is 18.7. The van der Waals surface area contributed by atoms with Crippen molar-refractivity contribution in [2.75, 3.05) is 20.8 Å². The fourth-order valence-electron chi connectivity index (χ4n) is 1.83. The largest absolute Gasteiger partial charge is 0.497 e. The second kappa shape index (κ2) is 9.58. The van der Waals surface area contributed by atoms with Crippen molar-refractivity contribution in [2.45, 2.75) is 25.5 Å². The number of amides is 1. The van der Waals surface area contributed by atoms with Gasteiger partial charge in [0.15, 0.2) is 0 Å². The third-order valence-electron chi connectivity index (χ3n) is 3.03. The molecule has 0 fully saturated rings. The number of halogens is 1. The van der Waals surface area contributed by atoms with Gasteiger partial charge in [0.1, 0.15) is 11.9 Å². The van der Waals surface area contributed by atoms with Crippen molar-refractivity contribution in [1.82, 2.24) is 5.32 Å². The predicted molar refractivity (Wildman–Crippen MR) is 81.3 cm³/mol. The molecule has 1 aromatic rings. The summed E-state index contributed by atoms with van der Waals surface area (Å²) in [4.78, 5) is 11.9. The summed E-state index contributed by atoms with van der Waals surface area (Å²) in [5.74, 6) is 0.606. The molecule has 20 heavy (non-hydrogen) atoms. The van der Waals surface area contributed by atoms with Gasteiger partial charge in [0.2, 0.25) is 0 Å². The lowest BCUT2D eigenvalue weighted by atomic mass is 10.0. The van der Waals surface area contributed by atoms with Gasteiger partial charge in [-0.2, -0.15) is 0 Å². The second-order valence-corrected chi connectivity index (χ2v) is 4.20. The Hall–Kier alpha value is -1.30. The molecule has 2 atom stereocenters. The maximum atomic E-state index is 11.9. The minimum absolute atomic E-state index is 0. The van der Waals surface area contributed by atoms with Gasteiger partial charge in [-0.05, 0) is 24.1 Å². The summed E-state index contributed by atoms with van der Waals surface area (Å²) in [6, 6.07) is 7.58. The van der Waals surface area contributed by atoms with Crippen LogP contribution in [0.25, 0.3) is 0 Å². The number of carbonyl (C=O) groups excluding carboxylic acids is 1. The Morgan fingerprint density at radius 1 is 1.30 bits per heavy atom. The fourth-order valence-corrected chi connectivity index (χ4v) is 1.83. The normalized spacial score (nSPS) is 13.0. The molecule has 0 heterocycles. The van der Waals surface area contributed by atoms with Crippen LogP contribution in [-0.2, 0) is 9.53 Å².